The number of benzene rings is 2. The van der Waals surface area contributed by atoms with Gasteiger partial charge in [0.2, 0.25) is 0 Å². The molecule has 26 heavy (non-hydrogen) atoms. The number of unbranched alkanes of at least 4 members (excludes halogenated alkanes) is 2. The van der Waals surface area contributed by atoms with Crippen LogP contribution in [0.15, 0.2) is 70.9 Å². The van der Waals surface area contributed by atoms with E-state index in [4.69, 9.17) is 23.2 Å². The van der Waals surface area contributed by atoms with Crippen LogP contribution in [0.25, 0.3) is 0 Å². The van der Waals surface area contributed by atoms with Crippen molar-refractivity contribution in [2.75, 3.05) is 0 Å². The topological polar surface area (TPSA) is 24.7 Å². The SMILES string of the molecule is CCCCC(Cl)(N=NC(Cl)(CCCC)c1ccccc1)c1ccccc1. The monoisotopic (exact) mass is 390 g/mol. The lowest BCUT2D eigenvalue weighted by Gasteiger charge is -2.26. The summed E-state index contributed by atoms with van der Waals surface area (Å²) in [4.78, 5) is -1.75. The molecule has 0 bridgehead atoms. The van der Waals surface area contributed by atoms with Gasteiger partial charge in [-0.05, 0) is 36.8 Å². The Balaban J connectivity index is 2.37. The van der Waals surface area contributed by atoms with Crippen LogP contribution in [-0.2, 0) is 10.00 Å². The van der Waals surface area contributed by atoms with Gasteiger partial charge in [0.25, 0.3) is 0 Å². The first-order valence-corrected chi connectivity index (χ1v) is 10.2. The third-order valence-electron chi connectivity index (χ3n) is 4.52. The Morgan fingerprint density at radius 1 is 0.654 bits per heavy atom. The van der Waals surface area contributed by atoms with E-state index in [9.17, 15) is 0 Å². The molecule has 2 aromatic carbocycles. The minimum atomic E-state index is -0.877. The summed E-state index contributed by atoms with van der Waals surface area (Å²) in [6.45, 7) is 4.30. The van der Waals surface area contributed by atoms with Gasteiger partial charge in [-0.2, -0.15) is 10.2 Å². The van der Waals surface area contributed by atoms with E-state index in [1.807, 2.05) is 60.7 Å². The van der Waals surface area contributed by atoms with Crippen LogP contribution >= 0.6 is 23.2 Å². The van der Waals surface area contributed by atoms with Gasteiger partial charge in [0.1, 0.15) is 0 Å². The third kappa shape index (κ3) is 5.56. The van der Waals surface area contributed by atoms with E-state index in [1.165, 1.54) is 0 Å². The van der Waals surface area contributed by atoms with Gasteiger partial charge in [0.05, 0.1) is 0 Å². The van der Waals surface area contributed by atoms with Crippen molar-refractivity contribution >= 4 is 23.2 Å². The van der Waals surface area contributed by atoms with E-state index >= 15 is 0 Å². The van der Waals surface area contributed by atoms with Gasteiger partial charge in [-0.15, -0.1) is 0 Å². The van der Waals surface area contributed by atoms with Gasteiger partial charge in [0.15, 0.2) is 10.00 Å². The zero-order chi connectivity index (χ0) is 18.9. The summed E-state index contributed by atoms with van der Waals surface area (Å²) in [5.41, 5.74) is 1.92. The van der Waals surface area contributed by atoms with Crippen LogP contribution in [0.5, 0.6) is 0 Å². The Hall–Kier alpha value is -1.38. The summed E-state index contributed by atoms with van der Waals surface area (Å²) in [6, 6.07) is 19.9. The second-order valence-electron chi connectivity index (χ2n) is 6.66. The van der Waals surface area contributed by atoms with E-state index < -0.39 is 10.00 Å². The molecular weight excluding hydrogens is 363 g/mol. The quantitative estimate of drug-likeness (QED) is 0.223. The van der Waals surface area contributed by atoms with E-state index in [0.717, 1.165) is 49.7 Å². The maximum Gasteiger partial charge on any atom is 0.179 e. The molecule has 0 aliphatic heterocycles. The van der Waals surface area contributed by atoms with Crippen LogP contribution in [0.1, 0.15) is 63.5 Å². The second kappa shape index (κ2) is 10.1. The summed E-state index contributed by atoms with van der Waals surface area (Å²) in [7, 11) is 0. The Morgan fingerprint density at radius 2 is 1.00 bits per heavy atom. The molecule has 2 unspecified atom stereocenters. The number of hydrogen-bond donors (Lipinski definition) is 0. The van der Waals surface area contributed by atoms with Gasteiger partial charge < -0.3 is 0 Å². The van der Waals surface area contributed by atoms with Crippen LogP contribution in [0.3, 0.4) is 0 Å². The highest BCUT2D eigenvalue weighted by molar-refractivity contribution is 6.24. The number of hydrogen-bond acceptors (Lipinski definition) is 2. The molecule has 0 amide bonds. The number of rotatable bonds is 10. The predicted octanol–water partition coefficient (Wildman–Crippen LogP) is 8.00. The van der Waals surface area contributed by atoms with Crippen molar-refractivity contribution in [1.82, 2.24) is 0 Å². The predicted molar refractivity (Wildman–Crippen MR) is 112 cm³/mol. The van der Waals surface area contributed by atoms with Gasteiger partial charge >= 0.3 is 0 Å². The average molecular weight is 391 g/mol. The van der Waals surface area contributed by atoms with Crippen LogP contribution in [0, 0.1) is 0 Å². The number of alkyl halides is 2. The Labute approximate surface area is 167 Å². The molecule has 0 heterocycles. The summed E-state index contributed by atoms with van der Waals surface area (Å²) in [6.07, 6.45) is 5.52. The Kier molecular flexibility index (Phi) is 8.12. The third-order valence-corrected chi connectivity index (χ3v) is 5.49. The first-order valence-electron chi connectivity index (χ1n) is 9.47. The fourth-order valence-corrected chi connectivity index (χ4v) is 3.47. The van der Waals surface area contributed by atoms with Gasteiger partial charge in [-0.25, -0.2) is 0 Å². The zero-order valence-corrected chi connectivity index (χ0v) is 17.2. The van der Waals surface area contributed by atoms with Crippen molar-refractivity contribution in [3.05, 3.63) is 71.8 Å². The normalized spacial score (nSPS) is 16.3. The number of nitrogens with zero attached hydrogens (tertiary/aromatic N) is 2. The molecule has 0 aliphatic carbocycles. The van der Waals surface area contributed by atoms with Gasteiger partial charge in [-0.1, -0.05) is 111 Å². The molecule has 0 saturated heterocycles. The molecule has 2 rings (SSSR count). The maximum atomic E-state index is 6.95. The van der Waals surface area contributed by atoms with Crippen molar-refractivity contribution < 1.29 is 0 Å². The highest BCUT2D eigenvalue weighted by Gasteiger charge is 2.33. The highest BCUT2D eigenvalue weighted by atomic mass is 35.5. The summed E-state index contributed by atoms with van der Waals surface area (Å²) in [5, 5.41) is 9.25. The van der Waals surface area contributed by atoms with Crippen molar-refractivity contribution in [3.8, 4) is 0 Å². The zero-order valence-electron chi connectivity index (χ0n) is 15.7. The summed E-state index contributed by atoms with van der Waals surface area (Å²) >= 11 is 13.9. The van der Waals surface area contributed by atoms with Gasteiger partial charge in [0, 0.05) is 0 Å². The molecule has 0 aliphatic rings. The van der Waals surface area contributed by atoms with Crippen LogP contribution in [0.2, 0.25) is 0 Å². The lowest BCUT2D eigenvalue weighted by molar-refractivity contribution is 0.458. The van der Waals surface area contributed by atoms with Crippen LogP contribution in [-0.4, -0.2) is 0 Å². The van der Waals surface area contributed by atoms with Gasteiger partial charge in [-0.3, -0.25) is 0 Å². The first-order chi connectivity index (χ1) is 12.5. The molecule has 4 heteroatoms. The van der Waals surface area contributed by atoms with E-state index in [2.05, 4.69) is 24.1 Å². The van der Waals surface area contributed by atoms with Crippen molar-refractivity contribution in [3.63, 3.8) is 0 Å². The molecule has 2 nitrogen and oxygen atoms in total. The number of azo groups is 1. The Bertz CT molecular complexity index is 616. The van der Waals surface area contributed by atoms with Crippen molar-refractivity contribution in [2.24, 2.45) is 10.2 Å². The smallest absolute Gasteiger partial charge is 0.164 e. The largest absolute Gasteiger partial charge is 0.179 e. The summed E-state index contributed by atoms with van der Waals surface area (Å²) < 4.78 is 0. The maximum absolute atomic E-state index is 6.95. The molecule has 0 aromatic heterocycles. The van der Waals surface area contributed by atoms with Crippen LogP contribution < -0.4 is 0 Å². The standard InChI is InChI=1S/C22H28Cl2N2/c1-3-5-17-21(23,19-13-9-7-10-14-19)25-26-22(24,18-6-4-2)20-15-11-8-12-16-20/h7-16H,3-6,17-18H2,1-2H3. The van der Waals surface area contributed by atoms with E-state index in [0.29, 0.717) is 0 Å². The van der Waals surface area contributed by atoms with Crippen molar-refractivity contribution in [1.29, 1.82) is 0 Å². The number of halogens is 2. The first kappa shape index (κ1) is 20.9. The fraction of sp³-hybridized carbons (Fsp3) is 0.455. The minimum Gasteiger partial charge on any atom is -0.164 e. The lowest BCUT2D eigenvalue weighted by Crippen LogP contribution is -2.20. The average Bonchev–Trinajstić information content (AvgIpc) is 2.70. The van der Waals surface area contributed by atoms with Crippen molar-refractivity contribution in [2.45, 2.75) is 62.4 Å². The Morgan fingerprint density at radius 3 is 1.31 bits per heavy atom. The summed E-state index contributed by atoms with van der Waals surface area (Å²) in [5.74, 6) is 0. The molecule has 0 radical (unpaired) electrons. The van der Waals surface area contributed by atoms with E-state index in [-0.39, 0.29) is 0 Å². The minimum absolute atomic E-state index is 0.730. The molecule has 0 fully saturated rings. The highest BCUT2D eigenvalue weighted by Crippen LogP contribution is 2.41. The molecule has 0 N–H and O–H groups in total. The molecule has 140 valence electrons. The molecule has 0 saturated carbocycles. The van der Waals surface area contributed by atoms with Crippen LogP contribution in [0.4, 0.5) is 0 Å². The molecular formula is C22H28Cl2N2. The lowest BCUT2D eigenvalue weighted by atomic mass is 10.0. The fourth-order valence-electron chi connectivity index (χ4n) is 2.87. The molecule has 0 spiro atoms. The molecule has 2 atom stereocenters. The van der Waals surface area contributed by atoms with E-state index in [1.54, 1.807) is 0 Å². The molecule has 2 aromatic rings. The second-order valence-corrected chi connectivity index (χ2v) is 7.91.